The van der Waals surface area contributed by atoms with E-state index in [1.807, 2.05) is 11.0 Å². The van der Waals surface area contributed by atoms with Gasteiger partial charge in [0, 0.05) is 50.6 Å². The maximum atomic E-state index is 12.8. The minimum absolute atomic E-state index is 0.00361. The Morgan fingerprint density at radius 1 is 0.871 bits per heavy atom. The Kier molecular flexibility index (Phi) is 6.68. The van der Waals surface area contributed by atoms with Crippen molar-refractivity contribution in [3.8, 4) is 0 Å². The van der Waals surface area contributed by atoms with Gasteiger partial charge in [0.15, 0.2) is 0 Å². The number of fused-ring (bicyclic) bond motifs is 1. The zero-order valence-corrected chi connectivity index (χ0v) is 18.1. The molecule has 4 amide bonds. The average molecular weight is 426 g/mol. The third kappa shape index (κ3) is 4.81. The van der Waals surface area contributed by atoms with E-state index in [0.29, 0.717) is 31.5 Å². The highest BCUT2D eigenvalue weighted by Crippen LogP contribution is 2.23. The number of carbonyl (C=O) groups is 4. The van der Waals surface area contributed by atoms with Crippen LogP contribution in [-0.4, -0.2) is 71.1 Å². The van der Waals surface area contributed by atoms with Crippen molar-refractivity contribution in [1.29, 1.82) is 0 Å². The van der Waals surface area contributed by atoms with Crippen molar-refractivity contribution in [2.24, 2.45) is 5.92 Å². The molecule has 0 atom stereocenters. The Hall–Kier alpha value is -2.70. The van der Waals surface area contributed by atoms with Crippen LogP contribution in [-0.2, 0) is 20.8 Å². The van der Waals surface area contributed by atoms with Gasteiger partial charge in [0.2, 0.25) is 17.7 Å². The van der Waals surface area contributed by atoms with Gasteiger partial charge in [-0.15, -0.1) is 0 Å². The summed E-state index contributed by atoms with van der Waals surface area (Å²) in [6, 6.07) is 7.13. The van der Waals surface area contributed by atoms with Crippen LogP contribution in [0, 0.1) is 5.92 Å². The number of nitrogens with zero attached hydrogens (tertiary/aromatic N) is 3. The van der Waals surface area contributed by atoms with E-state index in [1.54, 1.807) is 23.1 Å². The van der Waals surface area contributed by atoms with Crippen molar-refractivity contribution in [3.63, 3.8) is 0 Å². The predicted molar refractivity (Wildman–Crippen MR) is 115 cm³/mol. The van der Waals surface area contributed by atoms with Crippen LogP contribution < -0.4 is 0 Å². The van der Waals surface area contributed by atoms with Gasteiger partial charge in [-0.3, -0.25) is 24.1 Å². The monoisotopic (exact) mass is 425 g/mol. The lowest BCUT2D eigenvalue weighted by atomic mass is 9.94. The molecule has 3 heterocycles. The molecule has 0 saturated carbocycles. The van der Waals surface area contributed by atoms with Crippen molar-refractivity contribution in [1.82, 2.24) is 14.7 Å². The van der Waals surface area contributed by atoms with E-state index in [1.165, 1.54) is 17.7 Å². The number of rotatable bonds is 4. The first-order chi connectivity index (χ1) is 15.0. The summed E-state index contributed by atoms with van der Waals surface area (Å²) in [6.45, 7) is 2.96. The standard InChI is InChI=1S/C24H31N3O4/c28-21(11-16-27-22(29)17-19-7-3-4-8-20(19)24(27)31)25-14-9-18(10-15-25)23(30)26-12-5-1-2-6-13-26/h3-4,7-8,18H,1-2,5-6,9-17H2. The Labute approximate surface area is 183 Å². The third-order valence-electron chi connectivity index (χ3n) is 6.80. The molecule has 0 spiro atoms. The molecule has 7 heteroatoms. The summed E-state index contributed by atoms with van der Waals surface area (Å²) < 4.78 is 0. The summed E-state index contributed by atoms with van der Waals surface area (Å²) in [7, 11) is 0. The molecule has 166 valence electrons. The maximum absolute atomic E-state index is 12.8. The highest BCUT2D eigenvalue weighted by molar-refractivity contribution is 6.09. The molecular weight excluding hydrogens is 394 g/mol. The van der Waals surface area contributed by atoms with Crippen molar-refractivity contribution >= 4 is 23.6 Å². The van der Waals surface area contributed by atoms with E-state index in [4.69, 9.17) is 0 Å². The molecule has 0 aromatic heterocycles. The third-order valence-corrected chi connectivity index (χ3v) is 6.80. The smallest absolute Gasteiger partial charge is 0.260 e. The van der Waals surface area contributed by atoms with Gasteiger partial charge in [-0.1, -0.05) is 31.0 Å². The van der Waals surface area contributed by atoms with Crippen LogP contribution >= 0.6 is 0 Å². The highest BCUT2D eigenvalue weighted by atomic mass is 16.2. The quantitative estimate of drug-likeness (QED) is 0.693. The number of amides is 4. The van der Waals surface area contributed by atoms with Gasteiger partial charge in [0.25, 0.3) is 5.91 Å². The fourth-order valence-electron chi connectivity index (χ4n) is 4.92. The number of benzene rings is 1. The molecule has 0 aliphatic carbocycles. The van der Waals surface area contributed by atoms with E-state index in [9.17, 15) is 19.2 Å². The van der Waals surface area contributed by atoms with E-state index >= 15 is 0 Å². The predicted octanol–water partition coefficient (Wildman–Crippen LogP) is 2.24. The van der Waals surface area contributed by atoms with E-state index in [0.717, 1.165) is 31.5 Å². The first kappa shape index (κ1) is 21.5. The summed E-state index contributed by atoms with van der Waals surface area (Å²) >= 11 is 0. The summed E-state index contributed by atoms with van der Waals surface area (Å²) in [4.78, 5) is 55.6. The second-order valence-corrected chi connectivity index (χ2v) is 8.83. The molecule has 2 fully saturated rings. The molecule has 0 bridgehead atoms. The molecule has 7 nitrogen and oxygen atoms in total. The lowest BCUT2D eigenvalue weighted by Crippen LogP contribution is -2.47. The minimum atomic E-state index is -0.318. The minimum Gasteiger partial charge on any atom is -0.343 e. The Bertz CT molecular complexity index is 852. The van der Waals surface area contributed by atoms with E-state index in [2.05, 4.69) is 0 Å². The molecule has 2 saturated heterocycles. The number of likely N-dealkylation sites (tertiary alicyclic amines) is 2. The summed E-state index contributed by atoms with van der Waals surface area (Å²) in [5.74, 6) is -0.374. The number of hydrogen-bond donors (Lipinski definition) is 0. The summed E-state index contributed by atoms with van der Waals surface area (Å²) in [5.41, 5.74) is 1.29. The molecule has 1 aromatic carbocycles. The largest absolute Gasteiger partial charge is 0.343 e. The van der Waals surface area contributed by atoms with Gasteiger partial charge in [-0.2, -0.15) is 0 Å². The topological polar surface area (TPSA) is 78.0 Å². The molecule has 0 N–H and O–H groups in total. The van der Waals surface area contributed by atoms with E-state index < -0.39 is 0 Å². The molecule has 3 aliphatic heterocycles. The zero-order valence-electron chi connectivity index (χ0n) is 18.1. The fraction of sp³-hybridized carbons (Fsp3) is 0.583. The SMILES string of the molecule is O=C(CCN1C(=O)Cc2ccccc2C1=O)N1CCC(C(=O)N2CCCCCC2)CC1. The van der Waals surface area contributed by atoms with Gasteiger partial charge < -0.3 is 9.80 Å². The van der Waals surface area contributed by atoms with Crippen LogP contribution in [0.2, 0.25) is 0 Å². The molecule has 31 heavy (non-hydrogen) atoms. The summed E-state index contributed by atoms with van der Waals surface area (Å²) in [6.07, 6.45) is 6.27. The van der Waals surface area contributed by atoms with Gasteiger partial charge in [-0.05, 0) is 37.3 Å². The van der Waals surface area contributed by atoms with Crippen LogP contribution in [0.4, 0.5) is 0 Å². The lowest BCUT2D eigenvalue weighted by Gasteiger charge is -2.34. The Morgan fingerprint density at radius 3 is 2.26 bits per heavy atom. The van der Waals surface area contributed by atoms with Crippen LogP contribution in [0.25, 0.3) is 0 Å². The number of piperidine rings is 1. The van der Waals surface area contributed by atoms with Crippen LogP contribution in [0.15, 0.2) is 24.3 Å². The van der Waals surface area contributed by atoms with Gasteiger partial charge in [-0.25, -0.2) is 0 Å². The van der Waals surface area contributed by atoms with Crippen LogP contribution in [0.3, 0.4) is 0 Å². The number of carbonyl (C=O) groups excluding carboxylic acids is 4. The number of hydrogen-bond acceptors (Lipinski definition) is 4. The first-order valence-electron chi connectivity index (χ1n) is 11.5. The van der Waals surface area contributed by atoms with Gasteiger partial charge in [0.1, 0.15) is 0 Å². The average Bonchev–Trinajstić information content (AvgIpc) is 3.08. The van der Waals surface area contributed by atoms with Crippen molar-refractivity contribution in [3.05, 3.63) is 35.4 Å². The molecule has 0 unspecified atom stereocenters. The molecule has 1 aromatic rings. The maximum Gasteiger partial charge on any atom is 0.260 e. The highest BCUT2D eigenvalue weighted by Gasteiger charge is 2.33. The summed E-state index contributed by atoms with van der Waals surface area (Å²) in [5, 5.41) is 0. The normalized spacial score (nSPS) is 20.5. The Balaban J connectivity index is 1.26. The zero-order chi connectivity index (χ0) is 21.8. The van der Waals surface area contributed by atoms with Crippen molar-refractivity contribution in [2.75, 3.05) is 32.7 Å². The molecule has 4 rings (SSSR count). The second-order valence-electron chi connectivity index (χ2n) is 8.83. The van der Waals surface area contributed by atoms with Crippen molar-refractivity contribution < 1.29 is 19.2 Å². The number of imide groups is 1. The van der Waals surface area contributed by atoms with Gasteiger partial charge >= 0.3 is 0 Å². The fourth-order valence-corrected chi connectivity index (χ4v) is 4.92. The van der Waals surface area contributed by atoms with E-state index in [-0.39, 0.29) is 48.9 Å². The second kappa shape index (κ2) is 9.62. The lowest BCUT2D eigenvalue weighted by molar-refractivity contribution is -0.141. The van der Waals surface area contributed by atoms with Crippen LogP contribution in [0.1, 0.15) is 60.9 Å². The Morgan fingerprint density at radius 2 is 1.55 bits per heavy atom. The molecule has 3 aliphatic rings. The molecular formula is C24H31N3O4. The molecule has 0 radical (unpaired) electrons. The van der Waals surface area contributed by atoms with Gasteiger partial charge in [0.05, 0.1) is 6.42 Å². The van der Waals surface area contributed by atoms with Crippen molar-refractivity contribution in [2.45, 2.75) is 51.4 Å². The first-order valence-corrected chi connectivity index (χ1v) is 11.5. The van der Waals surface area contributed by atoms with Crippen LogP contribution in [0.5, 0.6) is 0 Å².